The molecule has 4 heteroatoms. The lowest BCUT2D eigenvalue weighted by molar-refractivity contribution is -0.132. The van der Waals surface area contributed by atoms with E-state index in [-0.39, 0.29) is 17.6 Å². The minimum absolute atomic E-state index is 0.110. The number of rotatable bonds is 6. The zero-order valence-corrected chi connectivity index (χ0v) is 19.7. The van der Waals surface area contributed by atoms with E-state index in [4.69, 9.17) is 0 Å². The molecule has 1 aliphatic rings. The van der Waals surface area contributed by atoms with Gasteiger partial charge in [-0.2, -0.15) is 0 Å². The molecule has 1 fully saturated rings. The number of amides is 1. The van der Waals surface area contributed by atoms with Crippen LogP contribution in [0.15, 0.2) is 85.1 Å². The second-order valence-electron chi connectivity index (χ2n) is 9.53. The first kappa shape index (κ1) is 22.4. The van der Waals surface area contributed by atoms with Crippen molar-refractivity contribution in [2.24, 2.45) is 13.0 Å². The van der Waals surface area contributed by atoms with E-state index in [2.05, 4.69) is 53.2 Å². The second-order valence-corrected chi connectivity index (χ2v) is 9.53. The average Bonchev–Trinajstić information content (AvgIpc) is 3.20. The highest BCUT2D eigenvalue weighted by atomic mass is 19.1. The number of likely N-dealkylation sites (tertiary alicyclic amines) is 1. The molecule has 0 spiro atoms. The lowest BCUT2D eigenvalue weighted by atomic mass is 9.86. The van der Waals surface area contributed by atoms with Crippen LogP contribution in [-0.2, 0) is 18.3 Å². The maximum absolute atomic E-state index is 13.7. The minimum Gasteiger partial charge on any atom is -0.350 e. The van der Waals surface area contributed by atoms with Crippen molar-refractivity contribution in [2.75, 3.05) is 13.1 Å². The first-order chi connectivity index (χ1) is 16.6. The monoisotopic (exact) mass is 454 g/mol. The number of fused-ring (bicyclic) bond motifs is 1. The Morgan fingerprint density at radius 3 is 2.35 bits per heavy atom. The lowest BCUT2D eigenvalue weighted by Gasteiger charge is -2.33. The van der Waals surface area contributed by atoms with Crippen LogP contribution in [0.4, 0.5) is 4.39 Å². The number of hydrogen-bond acceptors (Lipinski definition) is 1. The summed E-state index contributed by atoms with van der Waals surface area (Å²) in [5.74, 6) is 0.436. The van der Waals surface area contributed by atoms with E-state index in [1.165, 1.54) is 17.7 Å². The van der Waals surface area contributed by atoms with Crippen molar-refractivity contribution in [1.82, 2.24) is 9.47 Å². The fraction of sp³-hybridized carbons (Fsp3) is 0.300. The molecule has 1 atom stereocenters. The number of halogens is 1. The van der Waals surface area contributed by atoms with Crippen LogP contribution in [0.25, 0.3) is 10.9 Å². The highest BCUT2D eigenvalue weighted by molar-refractivity contribution is 5.86. The lowest BCUT2D eigenvalue weighted by Crippen LogP contribution is -2.39. The number of aryl methyl sites for hydroxylation is 1. The number of hydrogen-bond donors (Lipinski definition) is 0. The summed E-state index contributed by atoms with van der Waals surface area (Å²) in [6.45, 7) is 1.62. The second kappa shape index (κ2) is 9.84. The van der Waals surface area contributed by atoms with Gasteiger partial charge in [0.05, 0.1) is 0 Å². The van der Waals surface area contributed by atoms with Crippen LogP contribution in [-0.4, -0.2) is 28.5 Å². The molecule has 0 aliphatic carbocycles. The van der Waals surface area contributed by atoms with E-state index in [9.17, 15) is 9.18 Å². The largest absolute Gasteiger partial charge is 0.350 e. The maximum atomic E-state index is 13.7. The quantitative estimate of drug-likeness (QED) is 0.335. The molecule has 1 aliphatic heterocycles. The third-order valence-corrected chi connectivity index (χ3v) is 7.29. The third-order valence-electron chi connectivity index (χ3n) is 7.29. The summed E-state index contributed by atoms with van der Waals surface area (Å²) in [4.78, 5) is 15.5. The predicted molar refractivity (Wildman–Crippen MR) is 135 cm³/mol. The molecular formula is C30H31FN2O. The van der Waals surface area contributed by atoms with Gasteiger partial charge in [-0.15, -0.1) is 0 Å². The molecule has 0 bridgehead atoms. The summed E-state index contributed by atoms with van der Waals surface area (Å²) in [7, 11) is 2.03. The van der Waals surface area contributed by atoms with Crippen LogP contribution < -0.4 is 0 Å². The Bertz CT molecular complexity index is 1250. The van der Waals surface area contributed by atoms with Gasteiger partial charge < -0.3 is 9.47 Å². The zero-order valence-electron chi connectivity index (χ0n) is 19.7. The summed E-state index contributed by atoms with van der Waals surface area (Å²) < 4.78 is 15.8. The van der Waals surface area contributed by atoms with Crippen molar-refractivity contribution >= 4 is 16.8 Å². The summed E-state index contributed by atoms with van der Waals surface area (Å²) in [6, 6.07) is 25.5. The normalized spacial score (nSPS) is 15.5. The number of para-hydroxylation sites is 1. The van der Waals surface area contributed by atoms with Crippen molar-refractivity contribution in [1.29, 1.82) is 0 Å². The van der Waals surface area contributed by atoms with Gasteiger partial charge in [0.25, 0.3) is 0 Å². The van der Waals surface area contributed by atoms with Gasteiger partial charge in [0.1, 0.15) is 5.82 Å². The molecule has 1 aromatic heterocycles. The van der Waals surface area contributed by atoms with Crippen LogP contribution in [0.1, 0.15) is 41.9 Å². The molecule has 1 saturated heterocycles. The smallest absolute Gasteiger partial charge is 0.223 e. The van der Waals surface area contributed by atoms with E-state index in [1.54, 1.807) is 0 Å². The maximum Gasteiger partial charge on any atom is 0.223 e. The molecule has 4 aromatic rings. The molecule has 34 heavy (non-hydrogen) atoms. The van der Waals surface area contributed by atoms with Crippen molar-refractivity contribution < 1.29 is 9.18 Å². The SMILES string of the molecule is Cn1cc([C@H](CC(=O)N2CCC(Cc3ccccc3)CC2)c2ccc(F)cc2)c2ccccc21. The van der Waals surface area contributed by atoms with Gasteiger partial charge in [0, 0.05) is 49.6 Å². The Morgan fingerprint density at radius 2 is 1.62 bits per heavy atom. The van der Waals surface area contributed by atoms with Gasteiger partial charge >= 0.3 is 0 Å². The molecular weight excluding hydrogens is 423 g/mol. The van der Waals surface area contributed by atoms with Gasteiger partial charge in [-0.1, -0.05) is 60.7 Å². The molecule has 1 amide bonds. The van der Waals surface area contributed by atoms with Crippen LogP contribution in [0.3, 0.4) is 0 Å². The van der Waals surface area contributed by atoms with Crippen LogP contribution in [0.5, 0.6) is 0 Å². The van der Waals surface area contributed by atoms with Crippen molar-refractivity contribution in [3.63, 3.8) is 0 Å². The first-order valence-electron chi connectivity index (χ1n) is 12.2. The summed E-state index contributed by atoms with van der Waals surface area (Å²) in [5, 5.41) is 1.15. The van der Waals surface area contributed by atoms with Gasteiger partial charge in [-0.3, -0.25) is 4.79 Å². The number of carbonyl (C=O) groups excluding carboxylic acids is 1. The highest BCUT2D eigenvalue weighted by Crippen LogP contribution is 2.35. The van der Waals surface area contributed by atoms with Gasteiger partial charge in [0.15, 0.2) is 0 Å². The minimum atomic E-state index is -0.257. The first-order valence-corrected chi connectivity index (χ1v) is 12.2. The summed E-state index contributed by atoms with van der Waals surface area (Å²) in [6.07, 6.45) is 5.67. The van der Waals surface area contributed by atoms with Crippen LogP contribution in [0.2, 0.25) is 0 Å². The Morgan fingerprint density at radius 1 is 0.941 bits per heavy atom. The Kier molecular flexibility index (Phi) is 6.48. The Hall–Kier alpha value is -3.40. The van der Waals surface area contributed by atoms with Gasteiger partial charge in [-0.05, 0) is 60.1 Å². The molecule has 5 rings (SSSR count). The highest BCUT2D eigenvalue weighted by Gasteiger charge is 2.28. The molecule has 0 N–H and O–H groups in total. The molecule has 0 saturated carbocycles. The standard InChI is InChI=1S/C30H31FN2O/c1-32-21-28(26-9-5-6-10-29(26)32)27(24-11-13-25(31)14-12-24)20-30(34)33-17-15-23(16-18-33)19-22-7-3-2-4-8-22/h2-14,21,23,27H,15-20H2,1H3/t27-/m1/s1. The molecule has 3 nitrogen and oxygen atoms in total. The van der Waals surface area contributed by atoms with E-state index >= 15 is 0 Å². The molecule has 2 heterocycles. The van der Waals surface area contributed by atoms with E-state index in [0.29, 0.717) is 12.3 Å². The van der Waals surface area contributed by atoms with Crippen LogP contribution >= 0.6 is 0 Å². The molecule has 174 valence electrons. The van der Waals surface area contributed by atoms with Crippen molar-refractivity contribution in [3.05, 3.63) is 108 Å². The number of piperidine rings is 1. The number of carbonyl (C=O) groups is 1. The van der Waals surface area contributed by atoms with Crippen LogP contribution in [0, 0.1) is 11.7 Å². The average molecular weight is 455 g/mol. The predicted octanol–water partition coefficient (Wildman–Crippen LogP) is 6.32. The van der Waals surface area contributed by atoms with E-state index in [0.717, 1.165) is 54.4 Å². The molecule has 3 aromatic carbocycles. The van der Waals surface area contributed by atoms with Gasteiger partial charge in [0.2, 0.25) is 5.91 Å². The topological polar surface area (TPSA) is 25.2 Å². The Balaban J connectivity index is 1.34. The van der Waals surface area contributed by atoms with Crippen molar-refractivity contribution in [3.8, 4) is 0 Å². The number of nitrogens with zero attached hydrogens (tertiary/aromatic N) is 2. The van der Waals surface area contributed by atoms with Crippen molar-refractivity contribution in [2.45, 2.75) is 31.6 Å². The fourth-order valence-electron chi connectivity index (χ4n) is 5.39. The summed E-state index contributed by atoms with van der Waals surface area (Å²) >= 11 is 0. The zero-order chi connectivity index (χ0) is 23.5. The Labute approximate surface area is 200 Å². The van der Waals surface area contributed by atoms with E-state index < -0.39 is 0 Å². The number of aromatic nitrogens is 1. The fourth-order valence-corrected chi connectivity index (χ4v) is 5.39. The molecule has 0 unspecified atom stereocenters. The third kappa shape index (κ3) is 4.77. The molecule has 0 radical (unpaired) electrons. The van der Waals surface area contributed by atoms with Gasteiger partial charge in [-0.25, -0.2) is 4.39 Å². The summed E-state index contributed by atoms with van der Waals surface area (Å²) in [5.41, 5.74) is 4.61. The number of benzene rings is 3. The van der Waals surface area contributed by atoms with E-state index in [1.807, 2.05) is 36.2 Å².